The van der Waals surface area contributed by atoms with E-state index in [1.165, 1.54) is 12.0 Å². The van der Waals surface area contributed by atoms with Gasteiger partial charge in [0.05, 0.1) is 23.5 Å². The smallest absolute Gasteiger partial charge is 0.407 e. The van der Waals surface area contributed by atoms with Crippen LogP contribution in [0.4, 0.5) is 26.7 Å². The lowest BCUT2D eigenvalue weighted by atomic mass is 10.2. The van der Waals surface area contributed by atoms with Crippen LogP contribution in [0.2, 0.25) is 0 Å². The molecule has 0 aliphatic carbocycles. The fourth-order valence-electron chi connectivity index (χ4n) is 5.78. The Labute approximate surface area is 339 Å². The number of hydrogen-bond donors (Lipinski definition) is 3. The summed E-state index contributed by atoms with van der Waals surface area (Å²) in [5.41, 5.74) is 0.800. The standard InChI is InChI=1S/C19H25N3O6.C10H10BrNO3.C9H16N2O3/c1-19(2,3)28-18(25)20-12-7-16(23)21(9-12)13-5-6-15-14(8-13)22(11-26-4)17(24)10-27-15;1-14-6-12-8-4-7(11)2-3-9(8)15-5-10(12)13;1-9(2,3)14-8(13)11-6-4-7(12)10-5-6/h5-6,8,12H,7,9-11H2,1-4H3,(H,20,25);2-4H,5-6H2,1H3;6H,4-5H2,1-3H3,(H,10,12)(H,11,13)/t12-;;6-/m1.1/s1. The fraction of sp³-hybridized carbons (Fsp3) is 0.526. The third-order valence-electron chi connectivity index (χ3n) is 8.12. The van der Waals surface area contributed by atoms with Crippen molar-refractivity contribution in [2.45, 2.75) is 77.7 Å². The summed E-state index contributed by atoms with van der Waals surface area (Å²) < 4.78 is 32.0. The van der Waals surface area contributed by atoms with Crippen LogP contribution in [-0.4, -0.2) is 113 Å². The normalized spacial score (nSPS) is 18.7. The number of carbonyl (C=O) groups is 6. The van der Waals surface area contributed by atoms with Gasteiger partial charge >= 0.3 is 12.2 Å². The van der Waals surface area contributed by atoms with Gasteiger partial charge in [-0.15, -0.1) is 0 Å². The van der Waals surface area contributed by atoms with Crippen LogP contribution in [0.25, 0.3) is 0 Å². The van der Waals surface area contributed by atoms with E-state index in [0.717, 1.165) is 10.2 Å². The Kier molecular flexibility index (Phi) is 15.1. The highest BCUT2D eigenvalue weighted by atomic mass is 79.9. The summed E-state index contributed by atoms with van der Waals surface area (Å²) in [6, 6.07) is 10.2. The minimum atomic E-state index is -0.609. The quantitative estimate of drug-likeness (QED) is 0.364. The van der Waals surface area contributed by atoms with Crippen LogP contribution in [0.15, 0.2) is 40.9 Å². The van der Waals surface area contributed by atoms with E-state index in [1.54, 1.807) is 76.7 Å². The third-order valence-corrected chi connectivity index (χ3v) is 8.61. The van der Waals surface area contributed by atoms with Gasteiger partial charge in [0, 0.05) is 50.3 Å². The second-order valence-corrected chi connectivity index (χ2v) is 16.1. The summed E-state index contributed by atoms with van der Waals surface area (Å²) in [5, 5.41) is 7.98. The first-order chi connectivity index (χ1) is 26.8. The highest BCUT2D eigenvalue weighted by Gasteiger charge is 2.34. The molecule has 0 spiro atoms. The first-order valence-corrected chi connectivity index (χ1v) is 18.9. The lowest BCUT2D eigenvalue weighted by Crippen LogP contribution is -2.41. The van der Waals surface area contributed by atoms with Gasteiger partial charge in [0.1, 0.15) is 36.2 Å². The van der Waals surface area contributed by atoms with Crippen LogP contribution in [0.3, 0.4) is 0 Å². The van der Waals surface area contributed by atoms with Crippen molar-refractivity contribution in [1.82, 2.24) is 16.0 Å². The van der Waals surface area contributed by atoms with Gasteiger partial charge in [-0.25, -0.2) is 9.59 Å². The molecule has 2 atom stereocenters. The molecule has 19 heteroatoms. The molecule has 2 saturated heterocycles. The summed E-state index contributed by atoms with van der Waals surface area (Å²) in [6.45, 7) is 11.9. The molecule has 2 fully saturated rings. The van der Waals surface area contributed by atoms with Gasteiger partial charge in [-0.3, -0.25) is 29.0 Å². The summed E-state index contributed by atoms with van der Waals surface area (Å²) in [6.07, 6.45) is -0.519. The lowest BCUT2D eigenvalue weighted by Gasteiger charge is -2.30. The molecule has 2 aromatic rings. The molecular weight excluding hydrogens is 812 g/mol. The molecule has 6 amide bonds. The van der Waals surface area contributed by atoms with Gasteiger partial charge in [-0.1, -0.05) is 15.9 Å². The average Bonchev–Trinajstić information content (AvgIpc) is 3.69. The van der Waals surface area contributed by atoms with E-state index < -0.39 is 23.4 Å². The van der Waals surface area contributed by atoms with E-state index in [2.05, 4.69) is 31.9 Å². The number of carbonyl (C=O) groups excluding carboxylic acids is 6. The van der Waals surface area contributed by atoms with Crippen molar-refractivity contribution in [1.29, 1.82) is 0 Å². The molecule has 6 rings (SSSR count). The Morgan fingerprint density at radius 3 is 1.75 bits per heavy atom. The number of halogens is 1. The number of methoxy groups -OCH3 is 2. The lowest BCUT2D eigenvalue weighted by molar-refractivity contribution is -0.123. The van der Waals surface area contributed by atoms with Crippen LogP contribution in [0.1, 0.15) is 54.4 Å². The van der Waals surface area contributed by atoms with Crippen LogP contribution in [-0.2, 0) is 38.1 Å². The predicted octanol–water partition coefficient (Wildman–Crippen LogP) is 3.82. The largest absolute Gasteiger partial charge is 0.482 e. The van der Waals surface area contributed by atoms with Gasteiger partial charge in [-0.05, 0) is 77.9 Å². The first-order valence-electron chi connectivity index (χ1n) is 18.1. The topological polar surface area (TPSA) is 204 Å². The van der Waals surface area contributed by atoms with E-state index in [1.807, 2.05) is 18.2 Å². The van der Waals surface area contributed by atoms with E-state index >= 15 is 0 Å². The van der Waals surface area contributed by atoms with E-state index in [0.29, 0.717) is 42.4 Å². The summed E-state index contributed by atoms with van der Waals surface area (Å²) in [5.74, 6) is 0.782. The van der Waals surface area contributed by atoms with Crippen LogP contribution >= 0.6 is 15.9 Å². The maximum Gasteiger partial charge on any atom is 0.407 e. The average molecular weight is 864 g/mol. The minimum Gasteiger partial charge on any atom is -0.482 e. The Balaban J connectivity index is 0.000000209. The highest BCUT2D eigenvalue weighted by Crippen LogP contribution is 2.37. The molecule has 0 saturated carbocycles. The van der Waals surface area contributed by atoms with Crippen LogP contribution in [0, 0.1) is 0 Å². The maximum atomic E-state index is 12.5. The number of hydrogen-bond acceptors (Lipinski definition) is 12. The van der Waals surface area contributed by atoms with Gasteiger partial charge < -0.3 is 49.3 Å². The zero-order chi connectivity index (χ0) is 42.1. The molecule has 0 aromatic heterocycles. The summed E-state index contributed by atoms with van der Waals surface area (Å²) in [7, 11) is 3.06. The Morgan fingerprint density at radius 1 is 0.754 bits per heavy atom. The van der Waals surface area contributed by atoms with Gasteiger partial charge in [0.2, 0.25) is 11.8 Å². The van der Waals surface area contributed by atoms with E-state index in [-0.39, 0.29) is 68.8 Å². The number of nitrogens with one attached hydrogen (secondary N) is 3. The third kappa shape index (κ3) is 13.2. The molecule has 4 aliphatic rings. The molecule has 18 nitrogen and oxygen atoms in total. The molecule has 0 radical (unpaired) electrons. The van der Waals surface area contributed by atoms with Gasteiger partial charge in [0.25, 0.3) is 11.8 Å². The monoisotopic (exact) mass is 862 g/mol. The number of ether oxygens (including phenoxy) is 6. The minimum absolute atomic E-state index is 0.0361. The number of amides is 6. The van der Waals surface area contributed by atoms with E-state index in [9.17, 15) is 28.8 Å². The summed E-state index contributed by atoms with van der Waals surface area (Å²) >= 11 is 3.35. The molecule has 0 bridgehead atoms. The zero-order valence-corrected chi connectivity index (χ0v) is 35.0. The van der Waals surface area contributed by atoms with E-state index in [4.69, 9.17) is 28.4 Å². The first kappa shape index (κ1) is 44.6. The van der Waals surface area contributed by atoms with Crippen molar-refractivity contribution in [3.8, 4) is 11.5 Å². The second-order valence-electron chi connectivity index (χ2n) is 15.2. The van der Waals surface area contributed by atoms with Crippen molar-refractivity contribution in [2.75, 3.05) is 68.7 Å². The zero-order valence-electron chi connectivity index (χ0n) is 33.4. The number of alkyl carbamates (subject to hydrolysis) is 2. The Hall–Kier alpha value is -5.14. The fourth-order valence-corrected chi connectivity index (χ4v) is 6.13. The number of rotatable bonds is 7. The number of fused-ring (bicyclic) bond motifs is 2. The predicted molar refractivity (Wildman–Crippen MR) is 211 cm³/mol. The second kappa shape index (κ2) is 19.3. The maximum absolute atomic E-state index is 12.5. The molecule has 3 N–H and O–H groups in total. The van der Waals surface area contributed by atoms with Crippen molar-refractivity contribution in [3.63, 3.8) is 0 Å². The number of anilines is 3. The van der Waals surface area contributed by atoms with Crippen molar-refractivity contribution < 1.29 is 57.2 Å². The number of benzene rings is 2. The SMILES string of the molecule is CC(C)(C)OC(=O)N[C@H]1CNC(=O)C1.COCN1C(=O)COc2ccc(Br)cc21.COCN1C(=O)COc2ccc(N3C[C@H](NC(=O)OC(C)(C)C)CC3=O)cc21. The van der Waals surface area contributed by atoms with Crippen molar-refractivity contribution >= 4 is 68.8 Å². The molecule has 4 heterocycles. The van der Waals surface area contributed by atoms with Crippen molar-refractivity contribution in [3.05, 3.63) is 40.9 Å². The number of nitrogens with zero attached hydrogens (tertiary/aromatic N) is 3. The molecule has 0 unspecified atom stereocenters. The van der Waals surface area contributed by atoms with Gasteiger partial charge in [-0.2, -0.15) is 0 Å². The molecule has 4 aliphatic heterocycles. The Bertz CT molecular complexity index is 1810. The van der Waals surface area contributed by atoms with Gasteiger partial charge in [0.15, 0.2) is 13.2 Å². The van der Waals surface area contributed by atoms with Crippen molar-refractivity contribution in [2.24, 2.45) is 0 Å². The molecule has 2 aromatic carbocycles. The highest BCUT2D eigenvalue weighted by molar-refractivity contribution is 9.10. The summed E-state index contributed by atoms with van der Waals surface area (Å²) in [4.78, 5) is 74.8. The van der Waals surface area contributed by atoms with Crippen LogP contribution < -0.4 is 40.1 Å². The molecule has 312 valence electrons. The molecule has 57 heavy (non-hydrogen) atoms. The molecular formula is C38H51BrN6O12. The van der Waals surface area contributed by atoms with Crippen LogP contribution in [0.5, 0.6) is 11.5 Å². The Morgan fingerprint density at radius 2 is 1.26 bits per heavy atom.